The topological polar surface area (TPSA) is 145 Å². The highest BCUT2D eigenvalue weighted by atomic mass is 16.3. The first-order valence-electron chi connectivity index (χ1n) is 12.4. The lowest BCUT2D eigenvalue weighted by molar-refractivity contribution is -0.155. The van der Waals surface area contributed by atoms with Crippen LogP contribution in [0.15, 0.2) is 47.4 Å². The van der Waals surface area contributed by atoms with Gasteiger partial charge < -0.3 is 20.4 Å². The average Bonchev–Trinajstić information content (AvgIpc) is 2.81. The number of rotatable bonds is 3. The number of Topliss-reactive ketones (excluding diaryl/α,β-unsaturated/α-hetero) is 3. The molecule has 1 unspecified atom stereocenters. The Morgan fingerprint density at radius 3 is 2.46 bits per heavy atom. The number of ketones is 3. The molecule has 0 spiro atoms. The molecule has 0 bridgehead atoms. The smallest absolute Gasteiger partial charge is 0.202 e. The lowest BCUT2D eigenvalue weighted by Crippen LogP contribution is -2.61. The Bertz CT molecular complexity index is 1450. The molecule has 4 N–H and O–H groups in total. The van der Waals surface area contributed by atoms with E-state index in [4.69, 9.17) is 0 Å². The standard InChI is InChI=1S/C29H29NO7/c1-12(2)21-18-11-15-10-17-16(19-9-13(3)7-8-30-19)5-6-20(32)24(17)26(34)23(15)28(36)29(18,37)27(35)22(14(4)31)25(21)33/h5-9,12,15,18,21,32,34-35,37H,10-11H2,1-4H3/t15-,18-,21?,29+/m1/s1. The zero-order valence-corrected chi connectivity index (χ0v) is 21.1. The lowest BCUT2D eigenvalue weighted by atomic mass is 9.54. The summed E-state index contributed by atoms with van der Waals surface area (Å²) < 4.78 is 0. The predicted octanol–water partition coefficient (Wildman–Crippen LogP) is 3.78. The fraction of sp³-hybridized carbons (Fsp3) is 0.379. The molecule has 0 amide bonds. The second-order valence-corrected chi connectivity index (χ2v) is 10.7. The molecule has 1 aromatic carbocycles. The van der Waals surface area contributed by atoms with Gasteiger partial charge in [0.25, 0.3) is 0 Å². The van der Waals surface area contributed by atoms with Crippen LogP contribution in [0, 0.1) is 30.6 Å². The number of aryl methyl sites for hydroxylation is 1. The number of phenols is 1. The minimum absolute atomic E-state index is 0.0741. The van der Waals surface area contributed by atoms with Crippen LogP contribution in [0.25, 0.3) is 17.0 Å². The molecule has 1 saturated carbocycles. The number of hydrogen-bond donors (Lipinski definition) is 4. The second kappa shape index (κ2) is 8.38. The van der Waals surface area contributed by atoms with Gasteiger partial charge in [0.05, 0.1) is 11.3 Å². The van der Waals surface area contributed by atoms with E-state index in [2.05, 4.69) is 4.98 Å². The Balaban J connectivity index is 1.75. The van der Waals surface area contributed by atoms with Gasteiger partial charge in [0.15, 0.2) is 17.2 Å². The fourth-order valence-corrected chi connectivity index (χ4v) is 6.51. The van der Waals surface area contributed by atoms with Crippen molar-refractivity contribution in [3.05, 3.63) is 64.1 Å². The van der Waals surface area contributed by atoms with Gasteiger partial charge in [0.2, 0.25) is 5.78 Å². The molecule has 37 heavy (non-hydrogen) atoms. The molecule has 1 heterocycles. The van der Waals surface area contributed by atoms with Crippen LogP contribution in [0.2, 0.25) is 0 Å². The van der Waals surface area contributed by atoms with Gasteiger partial charge in [0, 0.05) is 29.2 Å². The van der Waals surface area contributed by atoms with Crippen molar-refractivity contribution in [2.75, 3.05) is 0 Å². The van der Waals surface area contributed by atoms with Gasteiger partial charge in [-0.15, -0.1) is 0 Å². The Hall–Kier alpha value is -3.78. The molecule has 3 aliphatic rings. The van der Waals surface area contributed by atoms with E-state index in [0.29, 0.717) is 16.8 Å². The second-order valence-electron chi connectivity index (χ2n) is 10.7. The van der Waals surface area contributed by atoms with Crippen LogP contribution in [0.4, 0.5) is 0 Å². The molecule has 2 aromatic rings. The van der Waals surface area contributed by atoms with Crippen molar-refractivity contribution in [3.8, 4) is 17.0 Å². The molecule has 1 aromatic heterocycles. The third-order valence-corrected chi connectivity index (χ3v) is 8.15. The van der Waals surface area contributed by atoms with E-state index in [1.165, 1.54) is 6.07 Å². The summed E-state index contributed by atoms with van der Waals surface area (Å²) in [7, 11) is 0. The largest absolute Gasteiger partial charge is 0.508 e. The maximum absolute atomic E-state index is 13.9. The molecule has 8 nitrogen and oxygen atoms in total. The first-order valence-corrected chi connectivity index (χ1v) is 12.4. The SMILES string of the molecule is CC(=O)C1=C(O)[C@]2(O)C(=O)C3=C(O)c4c(O)ccc(-c5cc(C)ccn5)c4C[C@@H]3C[C@@H]2C(C(C)C)C1=O. The molecule has 0 saturated heterocycles. The summed E-state index contributed by atoms with van der Waals surface area (Å²) in [4.78, 5) is 44.0. The first-order chi connectivity index (χ1) is 17.4. The van der Waals surface area contributed by atoms with Crippen molar-refractivity contribution in [2.45, 2.75) is 46.1 Å². The molecular weight excluding hydrogens is 474 g/mol. The van der Waals surface area contributed by atoms with Crippen LogP contribution in [-0.2, 0) is 20.8 Å². The van der Waals surface area contributed by atoms with E-state index in [-0.39, 0.29) is 35.6 Å². The van der Waals surface area contributed by atoms with Crippen LogP contribution in [0.5, 0.6) is 5.75 Å². The zero-order chi connectivity index (χ0) is 27.0. The average molecular weight is 504 g/mol. The molecule has 1 fully saturated rings. The first kappa shape index (κ1) is 24.9. The molecule has 8 heteroatoms. The van der Waals surface area contributed by atoms with Gasteiger partial charge in [0.1, 0.15) is 22.8 Å². The van der Waals surface area contributed by atoms with Crippen molar-refractivity contribution in [1.82, 2.24) is 4.98 Å². The zero-order valence-electron chi connectivity index (χ0n) is 21.1. The number of carbonyl (C=O) groups excluding carboxylic acids is 3. The number of hydrogen-bond acceptors (Lipinski definition) is 8. The predicted molar refractivity (Wildman–Crippen MR) is 135 cm³/mol. The van der Waals surface area contributed by atoms with Gasteiger partial charge in [-0.3, -0.25) is 19.4 Å². The summed E-state index contributed by atoms with van der Waals surface area (Å²) in [6.45, 7) is 6.57. The van der Waals surface area contributed by atoms with E-state index in [1.807, 2.05) is 19.1 Å². The van der Waals surface area contributed by atoms with Gasteiger partial charge in [-0.05, 0) is 73.9 Å². The van der Waals surface area contributed by atoms with Gasteiger partial charge in [-0.25, -0.2) is 0 Å². The Labute approximate surface area is 214 Å². The maximum Gasteiger partial charge on any atom is 0.202 e. The molecule has 4 atom stereocenters. The monoisotopic (exact) mass is 503 g/mol. The number of carbonyl (C=O) groups is 3. The molecule has 0 radical (unpaired) electrons. The van der Waals surface area contributed by atoms with Crippen LogP contribution in [0.3, 0.4) is 0 Å². The summed E-state index contributed by atoms with van der Waals surface area (Å²) in [5.41, 5.74) is -0.238. The number of pyridine rings is 1. The van der Waals surface area contributed by atoms with Crippen LogP contribution >= 0.6 is 0 Å². The highest BCUT2D eigenvalue weighted by molar-refractivity contribution is 6.24. The number of aromatic hydroxyl groups is 1. The highest BCUT2D eigenvalue weighted by Crippen LogP contribution is 2.55. The number of allylic oxidation sites excluding steroid dienone is 1. The van der Waals surface area contributed by atoms with Crippen LogP contribution in [-0.4, -0.2) is 48.4 Å². The van der Waals surface area contributed by atoms with Crippen molar-refractivity contribution >= 4 is 23.1 Å². The number of aromatic nitrogens is 1. The van der Waals surface area contributed by atoms with E-state index in [1.54, 1.807) is 26.1 Å². The van der Waals surface area contributed by atoms with E-state index < -0.39 is 57.8 Å². The fourth-order valence-electron chi connectivity index (χ4n) is 6.51. The number of aliphatic hydroxyl groups is 3. The summed E-state index contributed by atoms with van der Waals surface area (Å²) in [5, 5.41) is 44.8. The van der Waals surface area contributed by atoms with E-state index >= 15 is 0 Å². The normalized spacial score (nSPS) is 27.2. The molecule has 3 aliphatic carbocycles. The van der Waals surface area contributed by atoms with Crippen LogP contribution in [0.1, 0.15) is 43.9 Å². The minimum atomic E-state index is -2.54. The molecule has 192 valence electrons. The van der Waals surface area contributed by atoms with E-state index in [9.17, 15) is 34.8 Å². The number of benzene rings is 1. The number of fused-ring (bicyclic) bond motifs is 3. The van der Waals surface area contributed by atoms with E-state index in [0.717, 1.165) is 12.5 Å². The molecular formula is C29H29NO7. The van der Waals surface area contributed by atoms with Crippen LogP contribution < -0.4 is 0 Å². The highest BCUT2D eigenvalue weighted by Gasteiger charge is 2.63. The molecule has 0 aliphatic heterocycles. The Morgan fingerprint density at radius 2 is 1.84 bits per heavy atom. The lowest BCUT2D eigenvalue weighted by Gasteiger charge is -2.50. The number of phenolic OH excluding ortho intramolecular Hbond substituents is 1. The Morgan fingerprint density at radius 1 is 1.14 bits per heavy atom. The van der Waals surface area contributed by atoms with Crippen molar-refractivity contribution in [1.29, 1.82) is 0 Å². The summed E-state index contributed by atoms with van der Waals surface area (Å²) in [6, 6.07) is 6.87. The van der Waals surface area contributed by atoms with Gasteiger partial charge in [-0.1, -0.05) is 13.8 Å². The van der Waals surface area contributed by atoms with Crippen molar-refractivity contribution in [3.63, 3.8) is 0 Å². The quantitative estimate of drug-likeness (QED) is 0.463. The summed E-state index contributed by atoms with van der Waals surface area (Å²) in [5.74, 6) is -6.74. The third-order valence-electron chi connectivity index (χ3n) is 8.15. The van der Waals surface area contributed by atoms with Crippen molar-refractivity contribution in [2.24, 2.45) is 23.7 Å². The molecule has 5 rings (SSSR count). The van der Waals surface area contributed by atoms with Gasteiger partial charge >= 0.3 is 0 Å². The third kappa shape index (κ3) is 3.39. The van der Waals surface area contributed by atoms with Crippen molar-refractivity contribution < 1.29 is 34.8 Å². The maximum atomic E-state index is 13.9. The number of aliphatic hydroxyl groups excluding tert-OH is 2. The van der Waals surface area contributed by atoms with Gasteiger partial charge in [-0.2, -0.15) is 0 Å². The Kier molecular flexibility index (Phi) is 5.64. The summed E-state index contributed by atoms with van der Waals surface area (Å²) in [6.07, 6.45) is 2.03. The number of nitrogens with zero attached hydrogens (tertiary/aromatic N) is 1. The minimum Gasteiger partial charge on any atom is -0.508 e. The summed E-state index contributed by atoms with van der Waals surface area (Å²) >= 11 is 0.